The maximum Gasteiger partial charge on any atom is 0.416 e. The molecule has 0 saturated heterocycles. The minimum atomic E-state index is -4.53. The van der Waals surface area contributed by atoms with Gasteiger partial charge in [0.1, 0.15) is 5.82 Å². The maximum atomic E-state index is 13.5. The van der Waals surface area contributed by atoms with E-state index in [0.717, 1.165) is 12.1 Å². The van der Waals surface area contributed by atoms with Crippen molar-refractivity contribution in [1.29, 1.82) is 0 Å². The van der Waals surface area contributed by atoms with Crippen LogP contribution in [0, 0.1) is 5.82 Å². The van der Waals surface area contributed by atoms with Gasteiger partial charge in [0.25, 0.3) is 0 Å². The van der Waals surface area contributed by atoms with E-state index in [1.54, 1.807) is 7.05 Å². The lowest BCUT2D eigenvalue weighted by Crippen LogP contribution is -2.05. The van der Waals surface area contributed by atoms with Gasteiger partial charge in [-0.05, 0) is 12.1 Å². The molecule has 0 radical (unpaired) electrons. The van der Waals surface area contributed by atoms with E-state index in [0.29, 0.717) is 11.6 Å². The molecule has 0 spiro atoms. The normalized spacial score (nSPS) is 11.8. The van der Waals surface area contributed by atoms with E-state index in [1.165, 1.54) is 17.1 Å². The molecule has 2 aromatic rings. The number of rotatable bonds is 1. The van der Waals surface area contributed by atoms with E-state index in [9.17, 15) is 17.6 Å². The van der Waals surface area contributed by atoms with Gasteiger partial charge in [-0.15, -0.1) is 0 Å². The second-order valence-electron chi connectivity index (χ2n) is 3.60. The van der Waals surface area contributed by atoms with Gasteiger partial charge in [-0.2, -0.15) is 18.3 Å². The highest BCUT2D eigenvalue weighted by atomic mass is 19.4. The maximum absolute atomic E-state index is 13.5. The molecule has 0 unspecified atom stereocenters. The van der Waals surface area contributed by atoms with Crippen molar-refractivity contribution < 1.29 is 17.6 Å². The van der Waals surface area contributed by atoms with E-state index in [1.807, 2.05) is 0 Å². The smallest absolute Gasteiger partial charge is 0.275 e. The molecule has 1 heterocycles. The fourth-order valence-electron chi connectivity index (χ4n) is 1.49. The SMILES string of the molecule is Cn1cc(-c2ccc(C(F)(F)F)cc2F)cn1. The molecular formula is C11H8F4N2. The predicted molar refractivity (Wildman–Crippen MR) is 53.6 cm³/mol. The van der Waals surface area contributed by atoms with Crippen LogP contribution in [0.5, 0.6) is 0 Å². The lowest BCUT2D eigenvalue weighted by molar-refractivity contribution is -0.137. The Kier molecular flexibility index (Phi) is 2.65. The number of halogens is 4. The number of aromatic nitrogens is 2. The number of alkyl halides is 3. The molecule has 1 aromatic heterocycles. The summed E-state index contributed by atoms with van der Waals surface area (Å²) in [6.07, 6.45) is -1.61. The van der Waals surface area contributed by atoms with Crippen LogP contribution in [-0.2, 0) is 13.2 Å². The third-order valence-corrected chi connectivity index (χ3v) is 2.31. The average molecular weight is 244 g/mol. The van der Waals surface area contributed by atoms with Gasteiger partial charge in [-0.1, -0.05) is 6.07 Å². The highest BCUT2D eigenvalue weighted by molar-refractivity contribution is 5.62. The van der Waals surface area contributed by atoms with Crippen LogP contribution in [0.15, 0.2) is 30.6 Å². The Hall–Kier alpha value is -1.85. The molecular weight excluding hydrogens is 236 g/mol. The molecule has 0 bridgehead atoms. The minimum Gasteiger partial charge on any atom is -0.275 e. The fourth-order valence-corrected chi connectivity index (χ4v) is 1.49. The van der Waals surface area contributed by atoms with Gasteiger partial charge in [0, 0.05) is 24.4 Å². The molecule has 0 aliphatic carbocycles. The van der Waals surface area contributed by atoms with Gasteiger partial charge in [0.15, 0.2) is 0 Å². The number of benzene rings is 1. The van der Waals surface area contributed by atoms with Crippen molar-refractivity contribution in [2.75, 3.05) is 0 Å². The van der Waals surface area contributed by atoms with Gasteiger partial charge in [-0.3, -0.25) is 4.68 Å². The summed E-state index contributed by atoms with van der Waals surface area (Å²) in [5.41, 5.74) is -0.451. The molecule has 0 atom stereocenters. The zero-order chi connectivity index (χ0) is 12.6. The Morgan fingerprint density at radius 3 is 2.41 bits per heavy atom. The highest BCUT2D eigenvalue weighted by Crippen LogP contribution is 2.32. The predicted octanol–water partition coefficient (Wildman–Crippen LogP) is 3.25. The topological polar surface area (TPSA) is 17.8 Å². The van der Waals surface area contributed by atoms with Crippen molar-refractivity contribution in [3.63, 3.8) is 0 Å². The average Bonchev–Trinajstić information content (AvgIpc) is 2.63. The van der Waals surface area contributed by atoms with Gasteiger partial charge in [0.05, 0.1) is 11.8 Å². The Bertz CT molecular complexity index is 543. The molecule has 90 valence electrons. The molecule has 0 aliphatic rings. The molecule has 0 saturated carbocycles. The van der Waals surface area contributed by atoms with Crippen molar-refractivity contribution in [2.24, 2.45) is 7.05 Å². The number of nitrogens with zero attached hydrogens (tertiary/aromatic N) is 2. The molecule has 0 N–H and O–H groups in total. The highest BCUT2D eigenvalue weighted by Gasteiger charge is 2.31. The first-order valence-electron chi connectivity index (χ1n) is 4.73. The first-order valence-corrected chi connectivity index (χ1v) is 4.73. The summed E-state index contributed by atoms with van der Waals surface area (Å²) in [5.74, 6) is -0.909. The van der Waals surface area contributed by atoms with Crippen LogP contribution < -0.4 is 0 Å². The summed E-state index contributed by atoms with van der Waals surface area (Å²) in [7, 11) is 1.64. The van der Waals surface area contributed by atoms with Crippen molar-refractivity contribution >= 4 is 0 Å². The van der Waals surface area contributed by atoms with Gasteiger partial charge < -0.3 is 0 Å². The van der Waals surface area contributed by atoms with E-state index >= 15 is 0 Å². The molecule has 0 amide bonds. The molecule has 17 heavy (non-hydrogen) atoms. The molecule has 6 heteroatoms. The summed E-state index contributed by atoms with van der Waals surface area (Å²) in [6, 6.07) is 2.45. The fraction of sp³-hybridized carbons (Fsp3) is 0.182. The number of hydrogen-bond donors (Lipinski definition) is 0. The van der Waals surface area contributed by atoms with Crippen molar-refractivity contribution in [3.8, 4) is 11.1 Å². The second kappa shape index (κ2) is 3.87. The quantitative estimate of drug-likeness (QED) is 0.704. The Morgan fingerprint density at radius 1 is 1.24 bits per heavy atom. The monoisotopic (exact) mass is 244 g/mol. The molecule has 0 aliphatic heterocycles. The summed E-state index contributed by atoms with van der Waals surface area (Å²) in [4.78, 5) is 0. The zero-order valence-corrected chi connectivity index (χ0v) is 8.79. The van der Waals surface area contributed by atoms with Gasteiger partial charge in [0.2, 0.25) is 0 Å². The van der Waals surface area contributed by atoms with E-state index in [-0.39, 0.29) is 5.56 Å². The number of hydrogen-bond acceptors (Lipinski definition) is 1. The first kappa shape index (κ1) is 11.6. The third kappa shape index (κ3) is 2.30. The van der Waals surface area contributed by atoms with E-state index in [2.05, 4.69) is 5.10 Å². The first-order chi connectivity index (χ1) is 7.88. The van der Waals surface area contributed by atoms with Crippen molar-refractivity contribution in [2.45, 2.75) is 6.18 Å². The Labute approximate surface area is 94.5 Å². The van der Waals surface area contributed by atoms with Crippen LogP contribution in [-0.4, -0.2) is 9.78 Å². The van der Waals surface area contributed by atoms with Crippen molar-refractivity contribution in [3.05, 3.63) is 42.0 Å². The van der Waals surface area contributed by atoms with Crippen LogP contribution in [0.3, 0.4) is 0 Å². The summed E-state index contributed by atoms with van der Waals surface area (Å²) < 4.78 is 52.0. The minimum absolute atomic E-state index is 0.103. The number of aryl methyl sites for hydroxylation is 1. The van der Waals surface area contributed by atoms with E-state index in [4.69, 9.17) is 0 Å². The third-order valence-electron chi connectivity index (χ3n) is 2.31. The Balaban J connectivity index is 2.45. The lowest BCUT2D eigenvalue weighted by atomic mass is 10.1. The molecule has 2 nitrogen and oxygen atoms in total. The standard InChI is InChI=1S/C11H8F4N2/c1-17-6-7(5-16-17)9-3-2-8(4-10(9)12)11(13,14)15/h2-6H,1H3. The van der Waals surface area contributed by atoms with Crippen LogP contribution in [0.25, 0.3) is 11.1 Å². The van der Waals surface area contributed by atoms with Crippen LogP contribution in [0.4, 0.5) is 17.6 Å². The molecule has 2 rings (SSSR count). The Morgan fingerprint density at radius 2 is 1.94 bits per heavy atom. The second-order valence-corrected chi connectivity index (χ2v) is 3.60. The zero-order valence-electron chi connectivity index (χ0n) is 8.79. The summed E-state index contributed by atoms with van der Waals surface area (Å²) in [6.45, 7) is 0. The summed E-state index contributed by atoms with van der Waals surface area (Å²) >= 11 is 0. The van der Waals surface area contributed by atoms with Crippen LogP contribution in [0.2, 0.25) is 0 Å². The van der Waals surface area contributed by atoms with Crippen LogP contribution in [0.1, 0.15) is 5.56 Å². The summed E-state index contributed by atoms with van der Waals surface area (Å²) in [5, 5.41) is 3.83. The lowest BCUT2D eigenvalue weighted by Gasteiger charge is -2.08. The van der Waals surface area contributed by atoms with Gasteiger partial charge in [-0.25, -0.2) is 4.39 Å². The van der Waals surface area contributed by atoms with Crippen LogP contribution >= 0.6 is 0 Å². The van der Waals surface area contributed by atoms with E-state index < -0.39 is 17.6 Å². The largest absolute Gasteiger partial charge is 0.416 e. The molecule has 1 aromatic carbocycles. The molecule has 0 fully saturated rings. The van der Waals surface area contributed by atoms with Gasteiger partial charge >= 0.3 is 6.18 Å². The van der Waals surface area contributed by atoms with Crippen molar-refractivity contribution in [1.82, 2.24) is 9.78 Å².